The normalized spacial score (nSPS) is 14.6. The van der Waals surface area contributed by atoms with Gasteiger partial charge < -0.3 is 15.0 Å². The van der Waals surface area contributed by atoms with E-state index in [1.807, 2.05) is 0 Å². The van der Waals surface area contributed by atoms with Crippen molar-refractivity contribution in [2.45, 2.75) is 12.8 Å². The highest BCUT2D eigenvalue weighted by atomic mass is 19.1. The number of benzene rings is 1. The smallest absolute Gasteiger partial charge is 0.317 e. The molecule has 98 valence electrons. The van der Waals surface area contributed by atoms with Gasteiger partial charge in [-0.05, 0) is 25.0 Å². The Morgan fingerprint density at radius 3 is 2.78 bits per heavy atom. The number of amides is 2. The van der Waals surface area contributed by atoms with E-state index >= 15 is 0 Å². The predicted octanol–water partition coefficient (Wildman–Crippen LogP) is 2.01. The SMILES string of the molecule is O=C(NCCOc1ccccc1F)N1CCCC1. The number of ether oxygens (including phenoxy) is 1. The van der Waals surface area contributed by atoms with Gasteiger partial charge in [0.2, 0.25) is 0 Å². The Bertz CT molecular complexity index is 406. The average Bonchev–Trinajstić information content (AvgIpc) is 2.90. The number of rotatable bonds is 4. The molecular formula is C13H17FN2O2. The first-order valence-electron chi connectivity index (χ1n) is 6.17. The van der Waals surface area contributed by atoms with Crippen LogP contribution in [-0.4, -0.2) is 37.2 Å². The summed E-state index contributed by atoms with van der Waals surface area (Å²) < 4.78 is 18.4. The van der Waals surface area contributed by atoms with Gasteiger partial charge in [-0.15, -0.1) is 0 Å². The predicted molar refractivity (Wildman–Crippen MR) is 66.1 cm³/mol. The number of hydrogen-bond acceptors (Lipinski definition) is 2. The number of likely N-dealkylation sites (tertiary alicyclic amines) is 1. The number of carbonyl (C=O) groups excluding carboxylic acids is 1. The third-order valence-corrected chi connectivity index (χ3v) is 2.87. The van der Waals surface area contributed by atoms with E-state index in [-0.39, 0.29) is 24.2 Å². The molecule has 0 aliphatic carbocycles. The molecule has 0 aromatic heterocycles. The van der Waals surface area contributed by atoms with E-state index < -0.39 is 0 Å². The second kappa shape index (κ2) is 6.23. The Morgan fingerprint density at radius 2 is 2.06 bits per heavy atom. The van der Waals surface area contributed by atoms with Crippen molar-refractivity contribution in [1.82, 2.24) is 10.2 Å². The number of carbonyl (C=O) groups is 1. The fraction of sp³-hybridized carbons (Fsp3) is 0.462. The highest BCUT2D eigenvalue weighted by molar-refractivity contribution is 5.74. The molecule has 2 amide bonds. The topological polar surface area (TPSA) is 41.6 Å². The number of urea groups is 1. The highest BCUT2D eigenvalue weighted by Crippen LogP contribution is 2.14. The van der Waals surface area contributed by atoms with Crippen molar-refractivity contribution in [3.63, 3.8) is 0 Å². The van der Waals surface area contributed by atoms with Gasteiger partial charge in [0, 0.05) is 13.1 Å². The lowest BCUT2D eigenvalue weighted by atomic mass is 10.3. The molecule has 0 spiro atoms. The summed E-state index contributed by atoms with van der Waals surface area (Å²) in [5, 5.41) is 2.75. The maximum Gasteiger partial charge on any atom is 0.317 e. The number of halogens is 1. The molecule has 18 heavy (non-hydrogen) atoms. The van der Waals surface area contributed by atoms with Crippen LogP contribution in [-0.2, 0) is 0 Å². The van der Waals surface area contributed by atoms with Crippen molar-refractivity contribution in [3.8, 4) is 5.75 Å². The summed E-state index contributed by atoms with van der Waals surface area (Å²) in [6, 6.07) is 6.17. The fourth-order valence-corrected chi connectivity index (χ4v) is 1.91. The largest absolute Gasteiger partial charge is 0.489 e. The molecule has 4 nitrogen and oxygen atoms in total. The molecule has 0 atom stereocenters. The zero-order chi connectivity index (χ0) is 12.8. The summed E-state index contributed by atoms with van der Waals surface area (Å²) in [7, 11) is 0. The minimum absolute atomic E-state index is 0.0652. The Morgan fingerprint density at radius 1 is 1.33 bits per heavy atom. The summed E-state index contributed by atoms with van der Waals surface area (Å²) in [5.41, 5.74) is 0. The summed E-state index contributed by atoms with van der Waals surface area (Å²) in [6.45, 7) is 2.28. The van der Waals surface area contributed by atoms with Crippen molar-refractivity contribution in [2.24, 2.45) is 0 Å². The van der Waals surface area contributed by atoms with E-state index in [0.717, 1.165) is 25.9 Å². The van der Waals surface area contributed by atoms with Crippen LogP contribution in [0.1, 0.15) is 12.8 Å². The lowest BCUT2D eigenvalue weighted by Crippen LogP contribution is -2.39. The van der Waals surface area contributed by atoms with Gasteiger partial charge in [0.15, 0.2) is 11.6 Å². The maximum atomic E-state index is 13.2. The van der Waals surface area contributed by atoms with E-state index in [4.69, 9.17) is 4.74 Å². The summed E-state index contributed by atoms with van der Waals surface area (Å²) in [6.07, 6.45) is 2.14. The van der Waals surface area contributed by atoms with Gasteiger partial charge in [-0.3, -0.25) is 0 Å². The van der Waals surface area contributed by atoms with Crippen molar-refractivity contribution < 1.29 is 13.9 Å². The molecule has 0 saturated carbocycles. The molecular weight excluding hydrogens is 235 g/mol. The minimum atomic E-state index is -0.386. The van der Waals surface area contributed by atoms with E-state index in [2.05, 4.69) is 5.32 Å². The molecule has 1 aromatic carbocycles. The molecule has 1 heterocycles. The quantitative estimate of drug-likeness (QED) is 0.833. The lowest BCUT2D eigenvalue weighted by molar-refractivity contribution is 0.205. The Kier molecular flexibility index (Phi) is 4.39. The molecule has 2 rings (SSSR count). The zero-order valence-electron chi connectivity index (χ0n) is 10.2. The average molecular weight is 252 g/mol. The van der Waals surface area contributed by atoms with Crippen molar-refractivity contribution in [1.29, 1.82) is 0 Å². The van der Waals surface area contributed by atoms with Gasteiger partial charge in [-0.2, -0.15) is 0 Å². The first-order chi connectivity index (χ1) is 8.77. The van der Waals surface area contributed by atoms with Crippen molar-refractivity contribution in [3.05, 3.63) is 30.1 Å². The van der Waals surface area contributed by atoms with Gasteiger partial charge in [0.1, 0.15) is 6.61 Å². The molecule has 5 heteroatoms. The fourth-order valence-electron chi connectivity index (χ4n) is 1.91. The second-order valence-electron chi connectivity index (χ2n) is 4.20. The van der Waals surface area contributed by atoms with Crippen molar-refractivity contribution in [2.75, 3.05) is 26.2 Å². The number of para-hydroxylation sites is 1. The molecule has 1 N–H and O–H groups in total. The van der Waals surface area contributed by atoms with E-state index in [1.165, 1.54) is 6.07 Å². The first kappa shape index (κ1) is 12.7. The first-order valence-corrected chi connectivity index (χ1v) is 6.17. The Hall–Kier alpha value is -1.78. The Balaban J connectivity index is 1.67. The lowest BCUT2D eigenvalue weighted by Gasteiger charge is -2.16. The van der Waals surface area contributed by atoms with E-state index in [9.17, 15) is 9.18 Å². The summed E-state index contributed by atoms with van der Waals surface area (Å²) in [4.78, 5) is 13.4. The molecule has 0 bridgehead atoms. The zero-order valence-corrected chi connectivity index (χ0v) is 10.2. The molecule has 0 unspecified atom stereocenters. The molecule has 1 aliphatic rings. The van der Waals surface area contributed by atoms with Gasteiger partial charge >= 0.3 is 6.03 Å². The monoisotopic (exact) mass is 252 g/mol. The van der Waals surface area contributed by atoms with Crippen LogP contribution in [0.3, 0.4) is 0 Å². The number of nitrogens with one attached hydrogen (secondary N) is 1. The van der Waals surface area contributed by atoms with Crippen LogP contribution in [0.15, 0.2) is 24.3 Å². The molecule has 1 fully saturated rings. The molecule has 1 aromatic rings. The Labute approximate surface area is 106 Å². The maximum absolute atomic E-state index is 13.2. The standard InChI is InChI=1S/C13H17FN2O2/c14-11-5-1-2-6-12(11)18-10-7-15-13(17)16-8-3-4-9-16/h1-2,5-6H,3-4,7-10H2,(H,15,17). The van der Waals surface area contributed by atoms with Crippen LogP contribution in [0.4, 0.5) is 9.18 Å². The number of hydrogen-bond donors (Lipinski definition) is 1. The van der Waals surface area contributed by atoms with Crippen LogP contribution < -0.4 is 10.1 Å². The van der Waals surface area contributed by atoms with Crippen LogP contribution in [0, 0.1) is 5.82 Å². The molecule has 1 aliphatic heterocycles. The highest BCUT2D eigenvalue weighted by Gasteiger charge is 2.16. The summed E-state index contributed by atoms with van der Waals surface area (Å²) in [5.74, 6) is -0.170. The third kappa shape index (κ3) is 3.35. The van der Waals surface area contributed by atoms with Crippen molar-refractivity contribution >= 4 is 6.03 Å². The molecule has 1 saturated heterocycles. The van der Waals surface area contributed by atoms with Crippen LogP contribution in [0.2, 0.25) is 0 Å². The van der Waals surface area contributed by atoms with E-state index in [1.54, 1.807) is 23.1 Å². The second-order valence-corrected chi connectivity index (χ2v) is 4.20. The third-order valence-electron chi connectivity index (χ3n) is 2.87. The number of nitrogens with zero attached hydrogens (tertiary/aromatic N) is 1. The van der Waals surface area contributed by atoms with Gasteiger partial charge in [0.25, 0.3) is 0 Å². The van der Waals surface area contributed by atoms with Gasteiger partial charge in [-0.25, -0.2) is 9.18 Å². The molecule has 0 radical (unpaired) electrons. The summed E-state index contributed by atoms with van der Waals surface area (Å²) >= 11 is 0. The van der Waals surface area contributed by atoms with Crippen LogP contribution in [0.5, 0.6) is 5.75 Å². The van der Waals surface area contributed by atoms with Crippen LogP contribution >= 0.6 is 0 Å². The minimum Gasteiger partial charge on any atom is -0.489 e. The van der Waals surface area contributed by atoms with Gasteiger partial charge in [-0.1, -0.05) is 12.1 Å². The van der Waals surface area contributed by atoms with Crippen LogP contribution in [0.25, 0.3) is 0 Å². The van der Waals surface area contributed by atoms with E-state index in [0.29, 0.717) is 6.54 Å². The van der Waals surface area contributed by atoms with Gasteiger partial charge in [0.05, 0.1) is 6.54 Å².